The molecule has 0 saturated carbocycles. The van der Waals surface area contributed by atoms with E-state index in [0.29, 0.717) is 6.10 Å². The van der Waals surface area contributed by atoms with Gasteiger partial charge in [0.2, 0.25) is 0 Å². The lowest BCUT2D eigenvalue weighted by Crippen LogP contribution is -2.25. The summed E-state index contributed by atoms with van der Waals surface area (Å²) in [6.07, 6.45) is 8.28. The highest BCUT2D eigenvalue weighted by molar-refractivity contribution is 5.17. The molecule has 1 atom stereocenters. The molecule has 1 saturated heterocycles. The molecule has 0 aromatic carbocycles. The lowest BCUT2D eigenvalue weighted by atomic mass is 10.2. The van der Waals surface area contributed by atoms with Crippen LogP contribution in [0.4, 0.5) is 0 Å². The van der Waals surface area contributed by atoms with E-state index in [-0.39, 0.29) is 0 Å². The van der Waals surface area contributed by atoms with Gasteiger partial charge in [-0.15, -0.1) is 0 Å². The first-order valence-electron chi connectivity index (χ1n) is 5.36. The smallest absolute Gasteiger partial charge is 0.0700 e. The molecular weight excluding hydrogens is 190 g/mol. The molecule has 1 aromatic heterocycles. The van der Waals surface area contributed by atoms with Crippen LogP contribution in [0.5, 0.6) is 0 Å². The average Bonchev–Trinajstić information content (AvgIpc) is 2.88. The molecule has 4 heteroatoms. The van der Waals surface area contributed by atoms with E-state index in [1.54, 1.807) is 10.9 Å². The van der Waals surface area contributed by atoms with E-state index in [0.717, 1.165) is 19.7 Å². The fraction of sp³-hybridized carbons (Fsp3) is 0.545. The minimum atomic E-state index is 0.402. The third-order valence-corrected chi connectivity index (χ3v) is 2.57. The Morgan fingerprint density at radius 2 is 2.67 bits per heavy atom. The summed E-state index contributed by atoms with van der Waals surface area (Å²) in [5.74, 6) is 0. The van der Waals surface area contributed by atoms with E-state index in [1.807, 2.05) is 12.4 Å². The minimum absolute atomic E-state index is 0.402. The summed E-state index contributed by atoms with van der Waals surface area (Å²) in [6, 6.07) is 0. The molecule has 4 nitrogen and oxygen atoms in total. The maximum atomic E-state index is 5.52. The topological polar surface area (TPSA) is 39.1 Å². The van der Waals surface area contributed by atoms with Crippen molar-refractivity contribution in [2.24, 2.45) is 0 Å². The van der Waals surface area contributed by atoms with E-state index in [9.17, 15) is 0 Å². The van der Waals surface area contributed by atoms with E-state index < -0.39 is 0 Å². The number of aromatic nitrogens is 2. The summed E-state index contributed by atoms with van der Waals surface area (Å²) in [5, 5.41) is 7.48. The summed E-state index contributed by atoms with van der Waals surface area (Å²) in [7, 11) is 0. The van der Waals surface area contributed by atoms with Crippen LogP contribution in [0.15, 0.2) is 19.0 Å². The zero-order chi connectivity index (χ0) is 10.5. The van der Waals surface area contributed by atoms with Crippen molar-refractivity contribution in [3.8, 4) is 0 Å². The van der Waals surface area contributed by atoms with Gasteiger partial charge in [0.25, 0.3) is 0 Å². The second-order valence-electron chi connectivity index (χ2n) is 3.78. The molecule has 1 aliphatic rings. The molecule has 0 bridgehead atoms. The van der Waals surface area contributed by atoms with Gasteiger partial charge in [-0.05, 0) is 12.8 Å². The van der Waals surface area contributed by atoms with Gasteiger partial charge in [0.1, 0.15) is 0 Å². The van der Waals surface area contributed by atoms with Gasteiger partial charge in [-0.2, -0.15) is 5.10 Å². The molecular formula is C11H17N3O. The average molecular weight is 207 g/mol. The van der Waals surface area contributed by atoms with E-state index in [1.165, 1.54) is 18.4 Å². The predicted molar refractivity (Wildman–Crippen MR) is 59.3 cm³/mol. The molecule has 0 aliphatic carbocycles. The number of rotatable bonds is 5. The number of nitrogens with zero attached hydrogens (tertiary/aromatic N) is 2. The molecule has 2 heterocycles. The second-order valence-corrected chi connectivity index (χ2v) is 3.78. The Labute approximate surface area is 89.9 Å². The summed E-state index contributed by atoms with van der Waals surface area (Å²) < 4.78 is 7.23. The molecule has 1 aromatic rings. The molecule has 82 valence electrons. The Kier molecular flexibility index (Phi) is 3.53. The first-order chi connectivity index (χ1) is 7.38. The Balaban J connectivity index is 1.70. The van der Waals surface area contributed by atoms with Crippen LogP contribution in [0.2, 0.25) is 0 Å². The van der Waals surface area contributed by atoms with Gasteiger partial charge < -0.3 is 10.1 Å². The minimum Gasteiger partial charge on any atom is -0.377 e. The Morgan fingerprint density at radius 1 is 1.73 bits per heavy atom. The van der Waals surface area contributed by atoms with Gasteiger partial charge in [-0.25, -0.2) is 4.68 Å². The van der Waals surface area contributed by atoms with Crippen molar-refractivity contribution in [1.82, 2.24) is 15.1 Å². The van der Waals surface area contributed by atoms with Crippen LogP contribution in [-0.4, -0.2) is 29.0 Å². The zero-order valence-corrected chi connectivity index (χ0v) is 8.85. The van der Waals surface area contributed by atoms with Crippen LogP contribution in [0.1, 0.15) is 18.4 Å². The van der Waals surface area contributed by atoms with Gasteiger partial charge in [0.15, 0.2) is 0 Å². The Morgan fingerprint density at radius 3 is 3.33 bits per heavy atom. The van der Waals surface area contributed by atoms with Gasteiger partial charge in [0, 0.05) is 37.7 Å². The van der Waals surface area contributed by atoms with E-state index >= 15 is 0 Å². The first kappa shape index (κ1) is 10.4. The lowest BCUT2D eigenvalue weighted by molar-refractivity contribution is 0.110. The van der Waals surface area contributed by atoms with E-state index in [2.05, 4.69) is 17.0 Å². The van der Waals surface area contributed by atoms with Crippen LogP contribution in [-0.2, 0) is 11.3 Å². The van der Waals surface area contributed by atoms with Gasteiger partial charge in [0.05, 0.1) is 12.3 Å². The molecule has 1 N–H and O–H groups in total. The fourth-order valence-corrected chi connectivity index (χ4v) is 1.75. The van der Waals surface area contributed by atoms with Crippen molar-refractivity contribution in [3.63, 3.8) is 0 Å². The maximum Gasteiger partial charge on any atom is 0.0700 e. The standard InChI is InChI=1S/C11H17N3O/c1-2-14-9-10(7-13-14)6-12-8-11-4-3-5-15-11/h2,7,9,11-12H,1,3-6,8H2. The predicted octanol–water partition coefficient (Wildman–Crippen LogP) is 1.25. The van der Waals surface area contributed by atoms with Crippen LogP contribution in [0.25, 0.3) is 6.20 Å². The van der Waals surface area contributed by atoms with E-state index in [4.69, 9.17) is 4.74 Å². The Bertz CT molecular complexity index is 315. The van der Waals surface area contributed by atoms with Crippen LogP contribution in [0.3, 0.4) is 0 Å². The van der Waals surface area contributed by atoms with Crippen molar-refractivity contribution < 1.29 is 4.74 Å². The number of hydrogen-bond donors (Lipinski definition) is 1. The molecule has 0 amide bonds. The molecule has 1 aliphatic heterocycles. The molecule has 1 unspecified atom stereocenters. The zero-order valence-electron chi connectivity index (χ0n) is 8.85. The highest BCUT2D eigenvalue weighted by atomic mass is 16.5. The normalized spacial score (nSPS) is 20.7. The van der Waals surface area contributed by atoms with Crippen molar-refractivity contribution in [2.45, 2.75) is 25.5 Å². The maximum absolute atomic E-state index is 5.52. The van der Waals surface area contributed by atoms with Gasteiger partial charge in [-0.3, -0.25) is 0 Å². The molecule has 0 radical (unpaired) electrons. The SMILES string of the molecule is C=Cn1cc(CNCC2CCCO2)cn1. The monoisotopic (exact) mass is 207 g/mol. The number of nitrogens with one attached hydrogen (secondary N) is 1. The van der Waals surface area contributed by atoms with Gasteiger partial charge >= 0.3 is 0 Å². The van der Waals surface area contributed by atoms with Crippen LogP contribution >= 0.6 is 0 Å². The lowest BCUT2D eigenvalue weighted by Gasteiger charge is -2.09. The number of ether oxygens (including phenoxy) is 1. The van der Waals surface area contributed by atoms with Crippen LogP contribution < -0.4 is 5.32 Å². The molecule has 1 fully saturated rings. The fourth-order valence-electron chi connectivity index (χ4n) is 1.75. The quantitative estimate of drug-likeness (QED) is 0.790. The summed E-state index contributed by atoms with van der Waals surface area (Å²) >= 11 is 0. The van der Waals surface area contributed by atoms with Crippen molar-refractivity contribution in [2.75, 3.05) is 13.2 Å². The second kappa shape index (κ2) is 5.09. The third-order valence-electron chi connectivity index (χ3n) is 2.57. The van der Waals surface area contributed by atoms with Crippen molar-refractivity contribution >= 4 is 6.20 Å². The summed E-state index contributed by atoms with van der Waals surface area (Å²) in [4.78, 5) is 0. The van der Waals surface area contributed by atoms with Crippen molar-refractivity contribution in [3.05, 3.63) is 24.5 Å². The van der Waals surface area contributed by atoms with Gasteiger partial charge in [-0.1, -0.05) is 6.58 Å². The highest BCUT2D eigenvalue weighted by Gasteiger charge is 2.14. The summed E-state index contributed by atoms with van der Waals surface area (Å²) in [6.45, 7) is 6.34. The highest BCUT2D eigenvalue weighted by Crippen LogP contribution is 2.10. The first-order valence-corrected chi connectivity index (χ1v) is 5.36. The number of hydrogen-bond acceptors (Lipinski definition) is 3. The summed E-state index contributed by atoms with van der Waals surface area (Å²) in [5.41, 5.74) is 1.17. The third kappa shape index (κ3) is 2.91. The molecule has 15 heavy (non-hydrogen) atoms. The molecule has 0 spiro atoms. The van der Waals surface area contributed by atoms with Crippen LogP contribution in [0, 0.1) is 0 Å². The van der Waals surface area contributed by atoms with Crippen molar-refractivity contribution in [1.29, 1.82) is 0 Å². The largest absolute Gasteiger partial charge is 0.377 e. The molecule has 2 rings (SSSR count). The Hall–Kier alpha value is -1.13.